The Bertz CT molecular complexity index is 1200. The summed E-state index contributed by atoms with van der Waals surface area (Å²) >= 11 is 0. The van der Waals surface area contributed by atoms with Crippen molar-refractivity contribution >= 4 is 11.9 Å². The van der Waals surface area contributed by atoms with E-state index in [2.05, 4.69) is 46.5 Å². The zero-order chi connectivity index (χ0) is 36.4. The SMILES string of the molecule is C=C(COCCO)[C@@H]1CC[C@]2(C(=O)NCCCCCCCCCCC(=O)O)CC[C@]3(C)[C@H](CCC4[C@@]5(C)CC[C@H](O)C(C)(C)[C@@H]5CC[C@]43C)[C@@H]12. The molecular formula is C43H73NO6. The Hall–Kier alpha value is -1.44. The largest absolute Gasteiger partial charge is 0.481 e. The van der Waals surface area contributed by atoms with E-state index in [-0.39, 0.29) is 63.9 Å². The van der Waals surface area contributed by atoms with E-state index in [4.69, 9.17) is 9.84 Å². The third-order valence-electron chi connectivity index (χ3n) is 16.5. The van der Waals surface area contributed by atoms with E-state index in [0.717, 1.165) is 95.6 Å². The number of carbonyl (C=O) groups is 2. The lowest BCUT2D eigenvalue weighted by Crippen LogP contribution is -2.67. The molecule has 7 nitrogen and oxygen atoms in total. The number of aliphatic hydroxyl groups excluding tert-OH is 2. The molecule has 5 aliphatic carbocycles. The minimum absolute atomic E-state index is 0.00848. The molecular weight excluding hydrogens is 626 g/mol. The Morgan fingerprint density at radius 3 is 2.14 bits per heavy atom. The molecule has 10 atom stereocenters. The van der Waals surface area contributed by atoms with Crippen molar-refractivity contribution in [1.82, 2.24) is 5.32 Å². The first-order valence-electron chi connectivity index (χ1n) is 20.7. The van der Waals surface area contributed by atoms with Gasteiger partial charge in [0.15, 0.2) is 0 Å². The van der Waals surface area contributed by atoms with Gasteiger partial charge in [0.1, 0.15) is 0 Å². The minimum atomic E-state index is -0.700. The van der Waals surface area contributed by atoms with Crippen LogP contribution in [0.25, 0.3) is 0 Å². The number of unbranched alkanes of at least 4 members (excludes halogenated alkanes) is 7. The van der Waals surface area contributed by atoms with E-state index in [0.29, 0.717) is 31.0 Å². The van der Waals surface area contributed by atoms with Crippen molar-refractivity contribution in [3.63, 3.8) is 0 Å². The number of aliphatic carboxylic acids is 1. The molecule has 7 heteroatoms. The maximum atomic E-state index is 14.5. The summed E-state index contributed by atoms with van der Waals surface area (Å²) in [6, 6.07) is 0. The van der Waals surface area contributed by atoms with Crippen LogP contribution in [0.3, 0.4) is 0 Å². The number of hydrogen-bond donors (Lipinski definition) is 4. The standard InChI is InChI=1S/C43H73NO6/c1-30(29-50-28-27-45)31-18-23-43(38(49)44-26-14-12-10-8-7-9-11-13-15-36(47)48)25-24-41(5)32(37(31)43)16-17-34-40(4)21-20-35(46)39(2,3)33(40)19-22-42(34,41)6/h31-35,37,45-46H,1,7-29H2,2-6H3,(H,44,49)(H,47,48)/t31-,32+,33-,34?,35-,37+,40-,41+,42+,43-/m0/s1. The highest BCUT2D eigenvalue weighted by molar-refractivity contribution is 5.84. The van der Waals surface area contributed by atoms with Gasteiger partial charge in [0.05, 0.1) is 31.3 Å². The van der Waals surface area contributed by atoms with Gasteiger partial charge < -0.3 is 25.4 Å². The average Bonchev–Trinajstić information content (AvgIpc) is 3.47. The summed E-state index contributed by atoms with van der Waals surface area (Å²) in [5.74, 6) is 1.73. The van der Waals surface area contributed by atoms with Crippen LogP contribution >= 0.6 is 0 Å². The van der Waals surface area contributed by atoms with E-state index < -0.39 is 5.97 Å². The van der Waals surface area contributed by atoms with Crippen LogP contribution in [0.5, 0.6) is 0 Å². The molecule has 5 saturated carbocycles. The van der Waals surface area contributed by atoms with Gasteiger partial charge in [-0.1, -0.05) is 79.7 Å². The molecule has 5 rings (SSSR count). The lowest BCUT2D eigenvalue weighted by molar-refractivity contribution is -0.246. The van der Waals surface area contributed by atoms with Crippen molar-refractivity contribution < 1.29 is 29.6 Å². The van der Waals surface area contributed by atoms with Crippen LogP contribution in [0.15, 0.2) is 12.2 Å². The maximum Gasteiger partial charge on any atom is 0.303 e. The number of aliphatic hydroxyl groups is 2. The Morgan fingerprint density at radius 2 is 1.46 bits per heavy atom. The van der Waals surface area contributed by atoms with Gasteiger partial charge in [-0.05, 0) is 134 Å². The second-order valence-electron chi connectivity index (χ2n) is 19.0. The zero-order valence-corrected chi connectivity index (χ0v) is 32.5. The topological polar surface area (TPSA) is 116 Å². The molecule has 1 amide bonds. The van der Waals surface area contributed by atoms with Gasteiger partial charge in [0, 0.05) is 13.0 Å². The highest BCUT2D eigenvalue weighted by atomic mass is 16.5. The first-order chi connectivity index (χ1) is 23.7. The summed E-state index contributed by atoms with van der Waals surface area (Å²) in [5, 5.41) is 32.8. The molecule has 0 aromatic rings. The third-order valence-corrected chi connectivity index (χ3v) is 16.5. The van der Waals surface area contributed by atoms with E-state index in [1.54, 1.807) is 0 Å². The molecule has 0 aliphatic heterocycles. The number of hydrogen-bond acceptors (Lipinski definition) is 5. The Balaban J connectivity index is 1.28. The number of carboxylic acid groups (broad SMARTS) is 1. The molecule has 0 radical (unpaired) electrons. The molecule has 286 valence electrons. The summed E-state index contributed by atoms with van der Waals surface area (Å²) in [4.78, 5) is 25.2. The van der Waals surface area contributed by atoms with Crippen molar-refractivity contribution in [2.75, 3.05) is 26.4 Å². The second-order valence-corrected chi connectivity index (χ2v) is 19.0. The third kappa shape index (κ3) is 7.11. The van der Waals surface area contributed by atoms with Crippen LogP contribution in [0.1, 0.15) is 157 Å². The fourth-order valence-electron chi connectivity index (χ4n) is 13.6. The molecule has 0 heterocycles. The van der Waals surface area contributed by atoms with Gasteiger partial charge in [-0.25, -0.2) is 0 Å². The lowest BCUT2D eigenvalue weighted by atomic mass is 9.32. The van der Waals surface area contributed by atoms with Crippen molar-refractivity contribution in [1.29, 1.82) is 0 Å². The van der Waals surface area contributed by atoms with Gasteiger partial charge >= 0.3 is 5.97 Å². The van der Waals surface area contributed by atoms with E-state index in [1.807, 2.05) is 0 Å². The normalized spacial score (nSPS) is 40.2. The summed E-state index contributed by atoms with van der Waals surface area (Å²) < 4.78 is 5.85. The van der Waals surface area contributed by atoms with Crippen molar-refractivity contribution in [3.05, 3.63) is 12.2 Å². The molecule has 5 fully saturated rings. The summed E-state index contributed by atoms with van der Waals surface area (Å²) in [6.07, 6.45) is 19.3. The van der Waals surface area contributed by atoms with Crippen LogP contribution in [0, 0.1) is 56.7 Å². The van der Waals surface area contributed by atoms with Crippen molar-refractivity contribution in [2.45, 2.75) is 163 Å². The van der Waals surface area contributed by atoms with Gasteiger partial charge in [0.25, 0.3) is 0 Å². The lowest BCUT2D eigenvalue weighted by Gasteiger charge is -2.72. The van der Waals surface area contributed by atoms with E-state index in [1.165, 1.54) is 32.1 Å². The Kier molecular flexibility index (Phi) is 12.6. The monoisotopic (exact) mass is 700 g/mol. The molecule has 0 bridgehead atoms. The molecule has 0 saturated heterocycles. The minimum Gasteiger partial charge on any atom is -0.481 e. The van der Waals surface area contributed by atoms with Gasteiger partial charge in [-0.3, -0.25) is 9.59 Å². The number of carboxylic acids is 1. The first kappa shape index (κ1) is 39.8. The number of carbonyl (C=O) groups excluding carboxylic acids is 1. The quantitative estimate of drug-likeness (QED) is 0.0892. The number of fused-ring (bicyclic) bond motifs is 7. The van der Waals surface area contributed by atoms with Crippen LogP contribution in [-0.4, -0.2) is 59.7 Å². The fraction of sp³-hybridized carbons (Fsp3) is 0.907. The average molecular weight is 700 g/mol. The van der Waals surface area contributed by atoms with Crippen LogP contribution in [0.4, 0.5) is 0 Å². The number of nitrogens with one attached hydrogen (secondary N) is 1. The summed E-state index contributed by atoms with van der Waals surface area (Å²) in [6.45, 7) is 18.6. The Labute approximate surface area is 304 Å². The van der Waals surface area contributed by atoms with Gasteiger partial charge in [-0.2, -0.15) is 0 Å². The number of amides is 1. The highest BCUT2D eigenvalue weighted by Crippen LogP contribution is 2.77. The van der Waals surface area contributed by atoms with E-state index >= 15 is 0 Å². The van der Waals surface area contributed by atoms with E-state index in [9.17, 15) is 19.8 Å². The number of rotatable bonds is 17. The Morgan fingerprint density at radius 1 is 0.780 bits per heavy atom. The highest BCUT2D eigenvalue weighted by Gasteiger charge is 2.72. The van der Waals surface area contributed by atoms with Crippen molar-refractivity contribution in [2.24, 2.45) is 56.7 Å². The van der Waals surface area contributed by atoms with Crippen LogP contribution in [-0.2, 0) is 14.3 Å². The maximum absolute atomic E-state index is 14.5. The molecule has 0 aromatic carbocycles. The number of ether oxygens (including phenoxy) is 1. The fourth-order valence-corrected chi connectivity index (χ4v) is 13.6. The molecule has 0 aromatic heterocycles. The summed E-state index contributed by atoms with van der Waals surface area (Å²) in [7, 11) is 0. The van der Waals surface area contributed by atoms with Crippen molar-refractivity contribution in [3.8, 4) is 0 Å². The molecule has 4 N–H and O–H groups in total. The van der Waals surface area contributed by atoms with Crippen LogP contribution < -0.4 is 5.32 Å². The molecule has 0 spiro atoms. The second kappa shape index (κ2) is 15.9. The summed E-state index contributed by atoms with van der Waals surface area (Å²) in [5.41, 5.74) is 1.26. The zero-order valence-electron chi connectivity index (χ0n) is 32.5. The van der Waals surface area contributed by atoms with Crippen LogP contribution in [0.2, 0.25) is 0 Å². The van der Waals surface area contributed by atoms with Gasteiger partial charge in [0.2, 0.25) is 5.91 Å². The predicted molar refractivity (Wildman–Crippen MR) is 199 cm³/mol. The predicted octanol–water partition coefficient (Wildman–Crippen LogP) is 8.71. The van der Waals surface area contributed by atoms with Gasteiger partial charge in [-0.15, -0.1) is 0 Å². The molecule has 5 aliphatic rings. The smallest absolute Gasteiger partial charge is 0.303 e. The molecule has 1 unspecified atom stereocenters. The first-order valence-corrected chi connectivity index (χ1v) is 20.7. The molecule has 50 heavy (non-hydrogen) atoms.